The van der Waals surface area contributed by atoms with Crippen LogP contribution in [0.5, 0.6) is 0 Å². The van der Waals surface area contributed by atoms with Crippen LogP contribution in [0, 0.1) is 5.41 Å². The average molecular weight is 282 g/mol. The number of carbonyl (C=O) groups excluding carboxylic acids is 1. The number of sulfonamides is 1. The highest BCUT2D eigenvalue weighted by molar-refractivity contribution is 7.92. The molecule has 1 aromatic rings. The summed E-state index contributed by atoms with van der Waals surface area (Å²) in [7, 11) is -3.72. The highest BCUT2D eigenvalue weighted by Gasteiger charge is 2.32. The Morgan fingerprint density at radius 3 is 2.53 bits per heavy atom. The fourth-order valence-electron chi connectivity index (χ4n) is 2.00. The maximum atomic E-state index is 12.1. The number of nitrogens with one attached hydrogen (secondary N) is 1. The number of nitrogens with zero attached hydrogens (tertiary/aromatic N) is 2. The highest BCUT2D eigenvalue weighted by Crippen LogP contribution is 2.27. The summed E-state index contributed by atoms with van der Waals surface area (Å²) >= 11 is 0. The molecule has 0 saturated carbocycles. The summed E-state index contributed by atoms with van der Waals surface area (Å²) in [4.78, 5) is 13.4. The van der Waals surface area contributed by atoms with Crippen molar-refractivity contribution >= 4 is 27.6 Å². The number of amides is 1. The number of benzene rings is 1. The molecule has 1 heterocycles. The molecule has 0 fully saturated rings. The lowest BCUT2D eigenvalue weighted by Crippen LogP contribution is -2.44. The SMILES string of the molecule is CS(=O)(=O)N1C(=O)CN(C(=N)N)Cc2ccccc21. The topological polar surface area (TPSA) is 108 Å². The molecule has 0 bridgehead atoms. The van der Waals surface area contributed by atoms with Crippen molar-refractivity contribution in [2.45, 2.75) is 6.54 Å². The maximum absolute atomic E-state index is 12.1. The minimum absolute atomic E-state index is 0.225. The molecule has 8 heteroatoms. The molecule has 1 amide bonds. The molecule has 19 heavy (non-hydrogen) atoms. The Hall–Kier alpha value is -2.09. The zero-order valence-corrected chi connectivity index (χ0v) is 11.1. The Kier molecular flexibility index (Phi) is 3.19. The van der Waals surface area contributed by atoms with E-state index in [1.165, 1.54) is 4.90 Å². The van der Waals surface area contributed by atoms with Crippen LogP contribution in [0.15, 0.2) is 24.3 Å². The second-order valence-electron chi connectivity index (χ2n) is 4.29. The van der Waals surface area contributed by atoms with Crippen molar-refractivity contribution in [3.05, 3.63) is 29.8 Å². The second kappa shape index (κ2) is 4.54. The number of carbonyl (C=O) groups is 1. The minimum Gasteiger partial charge on any atom is -0.370 e. The predicted octanol–water partition coefficient (Wildman–Crippen LogP) is -0.312. The van der Waals surface area contributed by atoms with E-state index in [1.54, 1.807) is 24.3 Å². The average Bonchev–Trinajstić information content (AvgIpc) is 2.43. The lowest BCUT2D eigenvalue weighted by molar-refractivity contribution is -0.117. The van der Waals surface area contributed by atoms with Gasteiger partial charge in [0.15, 0.2) is 5.96 Å². The van der Waals surface area contributed by atoms with Gasteiger partial charge in [-0.25, -0.2) is 12.7 Å². The van der Waals surface area contributed by atoms with Gasteiger partial charge >= 0.3 is 0 Å². The van der Waals surface area contributed by atoms with Crippen LogP contribution >= 0.6 is 0 Å². The number of hydrogen-bond donors (Lipinski definition) is 2. The number of anilines is 1. The van der Waals surface area contributed by atoms with Crippen LogP contribution in [-0.2, 0) is 21.4 Å². The standard InChI is InChI=1S/C11H14N4O3S/c1-19(17,18)15-9-5-3-2-4-8(9)6-14(11(12)13)7-10(15)16/h2-5H,6-7H2,1H3,(H3,12,13). The molecule has 1 aromatic carbocycles. The van der Waals surface area contributed by atoms with Gasteiger partial charge in [-0.2, -0.15) is 0 Å². The molecule has 1 aliphatic heterocycles. The van der Waals surface area contributed by atoms with E-state index < -0.39 is 15.9 Å². The number of guanidine groups is 1. The van der Waals surface area contributed by atoms with Crippen molar-refractivity contribution < 1.29 is 13.2 Å². The van der Waals surface area contributed by atoms with Crippen LogP contribution in [-0.4, -0.2) is 38.0 Å². The molecule has 102 valence electrons. The van der Waals surface area contributed by atoms with E-state index in [2.05, 4.69) is 0 Å². The lowest BCUT2D eigenvalue weighted by atomic mass is 10.2. The van der Waals surface area contributed by atoms with E-state index in [-0.39, 0.29) is 19.0 Å². The predicted molar refractivity (Wildman–Crippen MR) is 71.1 cm³/mol. The van der Waals surface area contributed by atoms with E-state index in [0.717, 1.165) is 10.6 Å². The van der Waals surface area contributed by atoms with Crippen LogP contribution in [0.1, 0.15) is 5.56 Å². The summed E-state index contributed by atoms with van der Waals surface area (Å²) in [5.41, 5.74) is 6.35. The van der Waals surface area contributed by atoms with Gasteiger partial charge in [-0.05, 0) is 11.6 Å². The monoisotopic (exact) mass is 282 g/mol. The van der Waals surface area contributed by atoms with Gasteiger partial charge in [0.2, 0.25) is 10.0 Å². The van der Waals surface area contributed by atoms with Crippen LogP contribution < -0.4 is 10.0 Å². The van der Waals surface area contributed by atoms with Crippen molar-refractivity contribution in [3.8, 4) is 0 Å². The molecule has 0 aliphatic carbocycles. The fourth-order valence-corrected chi connectivity index (χ4v) is 2.96. The third kappa shape index (κ3) is 2.53. The Balaban J connectivity index is 2.60. The van der Waals surface area contributed by atoms with Crippen molar-refractivity contribution in [2.75, 3.05) is 17.1 Å². The van der Waals surface area contributed by atoms with E-state index in [4.69, 9.17) is 11.1 Å². The molecule has 1 aliphatic rings. The molecular formula is C11H14N4O3S. The first-order valence-electron chi connectivity index (χ1n) is 5.50. The Morgan fingerprint density at radius 2 is 1.95 bits per heavy atom. The molecule has 7 nitrogen and oxygen atoms in total. The van der Waals surface area contributed by atoms with Gasteiger partial charge in [0.05, 0.1) is 11.9 Å². The molecule has 0 radical (unpaired) electrons. The summed E-state index contributed by atoms with van der Waals surface area (Å²) in [5.74, 6) is -0.888. The molecule has 0 atom stereocenters. The lowest BCUT2D eigenvalue weighted by Gasteiger charge is -2.20. The molecule has 0 aromatic heterocycles. The Bertz CT molecular complexity index is 641. The number of nitrogens with two attached hydrogens (primary N) is 1. The number of hydrogen-bond acceptors (Lipinski definition) is 4. The number of fused-ring (bicyclic) bond motifs is 1. The Labute approximate surface area is 111 Å². The van der Waals surface area contributed by atoms with Gasteiger partial charge in [-0.3, -0.25) is 10.2 Å². The van der Waals surface area contributed by atoms with E-state index >= 15 is 0 Å². The molecule has 2 rings (SSSR count). The van der Waals surface area contributed by atoms with Crippen LogP contribution in [0.25, 0.3) is 0 Å². The fraction of sp³-hybridized carbons (Fsp3) is 0.273. The molecule has 0 spiro atoms. The van der Waals surface area contributed by atoms with Crippen LogP contribution in [0.2, 0.25) is 0 Å². The first kappa shape index (κ1) is 13.3. The quantitative estimate of drug-likeness (QED) is 0.542. The summed E-state index contributed by atoms with van der Waals surface area (Å²) in [5, 5.41) is 7.42. The van der Waals surface area contributed by atoms with Crippen LogP contribution in [0.4, 0.5) is 5.69 Å². The number of rotatable bonds is 1. The van der Waals surface area contributed by atoms with Crippen molar-refractivity contribution in [2.24, 2.45) is 5.73 Å². The smallest absolute Gasteiger partial charge is 0.260 e. The van der Waals surface area contributed by atoms with Gasteiger partial charge in [-0.15, -0.1) is 0 Å². The Morgan fingerprint density at radius 1 is 1.32 bits per heavy atom. The third-order valence-electron chi connectivity index (χ3n) is 2.80. The summed E-state index contributed by atoms with van der Waals surface area (Å²) in [6, 6.07) is 6.68. The first-order chi connectivity index (χ1) is 8.80. The van der Waals surface area contributed by atoms with E-state index in [0.29, 0.717) is 11.3 Å². The maximum Gasteiger partial charge on any atom is 0.260 e. The largest absolute Gasteiger partial charge is 0.370 e. The zero-order chi connectivity index (χ0) is 14.2. The molecular weight excluding hydrogens is 268 g/mol. The van der Waals surface area contributed by atoms with E-state index in [1.807, 2.05) is 0 Å². The summed E-state index contributed by atoms with van der Waals surface area (Å²) < 4.78 is 24.3. The van der Waals surface area contributed by atoms with Gasteiger partial charge < -0.3 is 10.6 Å². The normalized spacial score (nSPS) is 15.9. The molecule has 0 unspecified atom stereocenters. The van der Waals surface area contributed by atoms with Crippen molar-refractivity contribution in [1.29, 1.82) is 5.41 Å². The van der Waals surface area contributed by atoms with Crippen LogP contribution in [0.3, 0.4) is 0 Å². The third-order valence-corrected chi connectivity index (χ3v) is 3.86. The van der Waals surface area contributed by atoms with E-state index in [9.17, 15) is 13.2 Å². The minimum atomic E-state index is -3.72. The molecule has 0 saturated heterocycles. The van der Waals surface area contributed by atoms with Crippen molar-refractivity contribution in [3.63, 3.8) is 0 Å². The van der Waals surface area contributed by atoms with Gasteiger partial charge in [0.1, 0.15) is 6.54 Å². The van der Waals surface area contributed by atoms with Crippen molar-refractivity contribution in [1.82, 2.24) is 4.90 Å². The first-order valence-corrected chi connectivity index (χ1v) is 7.35. The summed E-state index contributed by atoms with van der Waals surface area (Å²) in [6.45, 7) is -0.0135. The summed E-state index contributed by atoms with van der Waals surface area (Å²) in [6.07, 6.45) is 0.977. The van der Waals surface area contributed by atoms with Gasteiger partial charge in [-0.1, -0.05) is 18.2 Å². The van der Waals surface area contributed by atoms with Gasteiger partial charge in [0.25, 0.3) is 5.91 Å². The molecule has 3 N–H and O–H groups in total. The second-order valence-corrected chi connectivity index (χ2v) is 6.12. The zero-order valence-electron chi connectivity index (χ0n) is 10.3. The van der Waals surface area contributed by atoms with Gasteiger partial charge in [0, 0.05) is 6.54 Å². The number of para-hydroxylation sites is 1. The highest BCUT2D eigenvalue weighted by atomic mass is 32.2.